The summed E-state index contributed by atoms with van der Waals surface area (Å²) in [4.78, 5) is 0. The highest BCUT2D eigenvalue weighted by Gasteiger charge is 2.15. The van der Waals surface area contributed by atoms with Gasteiger partial charge in [0.2, 0.25) is 0 Å². The standard InChI is InChI=1S/C17H22N4O2.C16H24N2O2/c1-12-17-15(19-18-12)7-4-8-16(17)23-11-14(22)6-3-5-13-9-10-21(2)20-13;1-11-15-13(18-17-11)6-5-7-14(15)20-10-12(19)8-9-16(2,3)4/h4,7-10,14,22H,3,5-6,11H2,1-2H3,(H,18,19);5-7,12,19H,8-10H2,1-4H3,(H,17,18)/t14-;12-/m00/s1. The van der Waals surface area contributed by atoms with Crippen molar-refractivity contribution in [2.24, 2.45) is 12.5 Å². The van der Waals surface area contributed by atoms with Crippen molar-refractivity contribution in [3.05, 3.63) is 65.7 Å². The lowest BCUT2D eigenvalue weighted by Gasteiger charge is -2.20. The minimum atomic E-state index is -0.485. The molecule has 0 aliphatic heterocycles. The molecular formula is C33H46N6O4. The average molecular weight is 591 g/mol. The van der Waals surface area contributed by atoms with Crippen LogP contribution in [-0.4, -0.2) is 65.8 Å². The number of rotatable bonds is 12. The Labute approximate surface area is 253 Å². The van der Waals surface area contributed by atoms with Crippen molar-refractivity contribution in [3.8, 4) is 11.5 Å². The maximum absolute atomic E-state index is 10.1. The number of fused-ring (bicyclic) bond motifs is 2. The van der Waals surface area contributed by atoms with E-state index in [0.717, 1.165) is 76.1 Å². The Hall–Kier alpha value is -3.89. The van der Waals surface area contributed by atoms with Crippen molar-refractivity contribution in [2.75, 3.05) is 13.2 Å². The largest absolute Gasteiger partial charge is 0.490 e. The van der Waals surface area contributed by atoms with Gasteiger partial charge in [0.15, 0.2) is 0 Å². The number of ether oxygens (including phenoxy) is 2. The van der Waals surface area contributed by atoms with Gasteiger partial charge in [0, 0.05) is 24.6 Å². The van der Waals surface area contributed by atoms with E-state index in [1.807, 2.05) is 69.6 Å². The molecule has 232 valence electrons. The van der Waals surface area contributed by atoms with E-state index in [9.17, 15) is 10.2 Å². The molecule has 4 N–H and O–H groups in total. The molecule has 0 aliphatic carbocycles. The number of nitrogens with zero attached hydrogens (tertiary/aromatic N) is 4. The van der Waals surface area contributed by atoms with E-state index in [0.29, 0.717) is 13.0 Å². The quantitative estimate of drug-likeness (QED) is 0.144. The highest BCUT2D eigenvalue weighted by molar-refractivity contribution is 5.88. The van der Waals surface area contributed by atoms with E-state index >= 15 is 0 Å². The van der Waals surface area contributed by atoms with Gasteiger partial charge < -0.3 is 19.7 Å². The second kappa shape index (κ2) is 14.5. The third-order valence-electron chi connectivity index (χ3n) is 7.28. The fraction of sp³-hybridized carbons (Fsp3) is 0.485. The van der Waals surface area contributed by atoms with Crippen LogP contribution in [0.15, 0.2) is 48.7 Å². The van der Waals surface area contributed by atoms with E-state index in [1.54, 1.807) is 4.68 Å². The summed E-state index contributed by atoms with van der Waals surface area (Å²) >= 11 is 0. The molecule has 10 nitrogen and oxygen atoms in total. The first-order valence-corrected chi connectivity index (χ1v) is 15.0. The summed E-state index contributed by atoms with van der Waals surface area (Å²) in [5.41, 5.74) is 5.02. The van der Waals surface area contributed by atoms with Gasteiger partial charge in [-0.3, -0.25) is 14.9 Å². The predicted octanol–water partition coefficient (Wildman–Crippen LogP) is 5.80. The minimum Gasteiger partial charge on any atom is -0.490 e. The van der Waals surface area contributed by atoms with Gasteiger partial charge in [0.1, 0.15) is 24.7 Å². The first kappa shape index (κ1) is 32.0. The van der Waals surface area contributed by atoms with Crippen molar-refractivity contribution in [3.63, 3.8) is 0 Å². The lowest BCUT2D eigenvalue weighted by atomic mass is 9.89. The van der Waals surface area contributed by atoms with E-state index < -0.39 is 12.2 Å². The predicted molar refractivity (Wildman–Crippen MR) is 169 cm³/mol. The zero-order valence-corrected chi connectivity index (χ0v) is 26.2. The van der Waals surface area contributed by atoms with Gasteiger partial charge in [-0.05, 0) is 81.7 Å². The molecule has 0 spiro atoms. The molecule has 2 atom stereocenters. The fourth-order valence-corrected chi connectivity index (χ4v) is 4.87. The zero-order chi connectivity index (χ0) is 31.0. The summed E-state index contributed by atoms with van der Waals surface area (Å²) in [6, 6.07) is 13.5. The van der Waals surface area contributed by atoms with Crippen molar-refractivity contribution in [1.82, 2.24) is 30.2 Å². The van der Waals surface area contributed by atoms with Gasteiger partial charge in [-0.15, -0.1) is 0 Å². The number of hydrogen-bond acceptors (Lipinski definition) is 7. The van der Waals surface area contributed by atoms with Gasteiger partial charge in [-0.1, -0.05) is 32.9 Å². The molecular weight excluding hydrogens is 544 g/mol. The van der Waals surface area contributed by atoms with E-state index in [1.165, 1.54) is 0 Å². The number of hydrogen-bond donors (Lipinski definition) is 4. The average Bonchev–Trinajstić information content (AvgIpc) is 3.68. The first-order chi connectivity index (χ1) is 20.5. The molecule has 5 rings (SSSR count). The van der Waals surface area contributed by atoms with Crippen molar-refractivity contribution in [2.45, 2.75) is 78.9 Å². The highest BCUT2D eigenvalue weighted by Crippen LogP contribution is 2.28. The Bertz CT molecular complexity index is 1580. The number of H-pyrrole nitrogens is 2. The molecule has 43 heavy (non-hydrogen) atoms. The summed E-state index contributed by atoms with van der Waals surface area (Å²) in [5.74, 6) is 1.54. The molecule has 0 unspecified atom stereocenters. The van der Waals surface area contributed by atoms with Crippen LogP contribution in [0.3, 0.4) is 0 Å². The second-order valence-electron chi connectivity index (χ2n) is 12.4. The Balaban J connectivity index is 0.000000199. The van der Waals surface area contributed by atoms with Crippen LogP contribution in [0.1, 0.15) is 63.5 Å². The lowest BCUT2D eigenvalue weighted by Crippen LogP contribution is -2.20. The number of aryl methyl sites for hydroxylation is 4. The second-order valence-corrected chi connectivity index (χ2v) is 12.4. The van der Waals surface area contributed by atoms with Gasteiger partial charge in [0.25, 0.3) is 0 Å². The number of aromatic amines is 2. The van der Waals surface area contributed by atoms with Gasteiger partial charge in [0.05, 0.1) is 39.7 Å². The Morgan fingerprint density at radius 1 is 0.814 bits per heavy atom. The number of aliphatic hydroxyl groups is 2. The Morgan fingerprint density at radius 2 is 1.35 bits per heavy atom. The monoisotopic (exact) mass is 590 g/mol. The molecule has 2 aromatic carbocycles. The van der Waals surface area contributed by atoms with Crippen LogP contribution < -0.4 is 9.47 Å². The van der Waals surface area contributed by atoms with Gasteiger partial charge in [-0.2, -0.15) is 15.3 Å². The minimum absolute atomic E-state index is 0.238. The van der Waals surface area contributed by atoms with E-state index in [-0.39, 0.29) is 12.0 Å². The van der Waals surface area contributed by atoms with E-state index in [4.69, 9.17) is 9.47 Å². The molecule has 3 aromatic heterocycles. The number of aromatic nitrogens is 6. The maximum Gasteiger partial charge on any atom is 0.130 e. The molecule has 0 saturated carbocycles. The van der Waals surface area contributed by atoms with Crippen LogP contribution in [0.5, 0.6) is 11.5 Å². The summed E-state index contributed by atoms with van der Waals surface area (Å²) in [6.45, 7) is 11.1. The number of benzene rings is 2. The van der Waals surface area contributed by atoms with E-state index in [2.05, 4.69) is 46.3 Å². The topological polar surface area (TPSA) is 134 Å². The molecule has 0 saturated heterocycles. The smallest absolute Gasteiger partial charge is 0.130 e. The molecule has 3 heterocycles. The zero-order valence-electron chi connectivity index (χ0n) is 26.2. The number of aliphatic hydroxyl groups excluding tert-OH is 2. The molecule has 10 heteroatoms. The molecule has 0 amide bonds. The van der Waals surface area contributed by atoms with Crippen LogP contribution in [0.25, 0.3) is 21.8 Å². The summed E-state index contributed by atoms with van der Waals surface area (Å²) < 4.78 is 13.4. The first-order valence-electron chi connectivity index (χ1n) is 15.0. The van der Waals surface area contributed by atoms with Gasteiger partial charge in [-0.25, -0.2) is 0 Å². The van der Waals surface area contributed by atoms with Crippen molar-refractivity contribution >= 4 is 21.8 Å². The summed E-state index contributed by atoms with van der Waals surface area (Å²) in [6.07, 6.45) is 5.19. The summed E-state index contributed by atoms with van der Waals surface area (Å²) in [7, 11) is 1.91. The third-order valence-corrected chi connectivity index (χ3v) is 7.28. The van der Waals surface area contributed by atoms with Crippen molar-refractivity contribution in [1.29, 1.82) is 0 Å². The normalized spacial score (nSPS) is 13.1. The van der Waals surface area contributed by atoms with Crippen LogP contribution in [0, 0.1) is 19.3 Å². The summed E-state index contributed by atoms with van der Waals surface area (Å²) in [5, 5.41) is 40.8. The molecule has 0 fully saturated rings. The molecule has 0 bridgehead atoms. The highest BCUT2D eigenvalue weighted by atomic mass is 16.5. The van der Waals surface area contributed by atoms with Crippen LogP contribution in [-0.2, 0) is 13.5 Å². The van der Waals surface area contributed by atoms with Crippen LogP contribution >= 0.6 is 0 Å². The Kier molecular flexibility index (Phi) is 10.8. The Morgan fingerprint density at radius 3 is 1.84 bits per heavy atom. The third kappa shape index (κ3) is 9.30. The number of nitrogens with one attached hydrogen (secondary N) is 2. The van der Waals surface area contributed by atoms with Crippen molar-refractivity contribution < 1.29 is 19.7 Å². The fourth-order valence-electron chi connectivity index (χ4n) is 4.87. The molecule has 0 aliphatic rings. The van der Waals surface area contributed by atoms with Crippen LogP contribution in [0.4, 0.5) is 0 Å². The SMILES string of the molecule is Cc1[nH]nc2cccc(OC[C@@H](O)CCC(C)(C)C)c12.Cc1[nH]nc2cccc(OC[C@@H](O)CCCc3ccn(C)n3)c12. The van der Waals surface area contributed by atoms with Gasteiger partial charge >= 0.3 is 0 Å². The molecule has 0 radical (unpaired) electrons. The molecule has 5 aromatic rings. The van der Waals surface area contributed by atoms with Crippen LogP contribution in [0.2, 0.25) is 0 Å². The lowest BCUT2D eigenvalue weighted by molar-refractivity contribution is 0.0896. The maximum atomic E-state index is 10.1.